The molecule has 0 saturated heterocycles. The summed E-state index contributed by atoms with van der Waals surface area (Å²) in [5.41, 5.74) is 25.1. The number of rotatable bonds is 7. The maximum atomic E-state index is 9.17. The Morgan fingerprint density at radius 1 is 0.571 bits per heavy atom. The quantitative estimate of drug-likeness (QED) is 0.148. The van der Waals surface area contributed by atoms with Gasteiger partial charge in [-0.25, -0.2) is 0 Å². The van der Waals surface area contributed by atoms with Crippen LogP contribution >= 0.6 is 17.2 Å². The van der Waals surface area contributed by atoms with Crippen LogP contribution in [-0.4, -0.2) is 13.1 Å². The summed E-state index contributed by atoms with van der Waals surface area (Å²) in [4.78, 5) is 0. The second kappa shape index (κ2) is 15.8. The Bertz CT molecular complexity index is 2710. The van der Waals surface area contributed by atoms with Crippen molar-refractivity contribution in [3.63, 3.8) is 0 Å². The van der Waals surface area contributed by atoms with Crippen molar-refractivity contribution < 1.29 is 20.0 Å². The van der Waals surface area contributed by atoms with E-state index in [0.717, 1.165) is 25.0 Å². The topological polar surface area (TPSA) is 9.23 Å². The molecular formula is C58H71Cl2HfOSi. The van der Waals surface area contributed by atoms with Crippen molar-refractivity contribution in [1.82, 2.24) is 0 Å². The van der Waals surface area contributed by atoms with Crippen LogP contribution in [0.2, 0.25) is 13.1 Å². The van der Waals surface area contributed by atoms with Crippen LogP contribution in [0.1, 0.15) is 151 Å². The summed E-state index contributed by atoms with van der Waals surface area (Å²) in [6.07, 6.45) is 8.29. The van der Waals surface area contributed by atoms with Gasteiger partial charge in [-0.2, -0.15) is 0 Å². The molecule has 0 fully saturated rings. The summed E-state index contributed by atoms with van der Waals surface area (Å²) >= 11 is -5.41. The van der Waals surface area contributed by atoms with E-state index in [9.17, 15) is 17.2 Å². The minimum atomic E-state index is -5.41. The first-order chi connectivity index (χ1) is 29.3. The molecule has 5 aromatic rings. The summed E-state index contributed by atoms with van der Waals surface area (Å²) in [5.74, 6) is -0.887. The predicted octanol–water partition coefficient (Wildman–Crippen LogP) is 17.3. The Morgan fingerprint density at radius 3 is 1.52 bits per heavy atom. The van der Waals surface area contributed by atoms with E-state index < -0.39 is 21.3 Å². The van der Waals surface area contributed by atoms with Crippen molar-refractivity contribution in [2.45, 2.75) is 146 Å². The SMILES string of the molecule is COc1c(C(C)(C)C)cc2c(c1-c1cc(C)cc(C)c1)C=C(C)[CH]2[Hf]([Cl])([Cl])([CH]1C(C)=Cc2c(-c3ccc(C(C)(C)C)cc3)c3c(c(-c4ccc(C(C)(C)C)cc4)c21)CCC3)[SiH](C)C. The van der Waals surface area contributed by atoms with Gasteiger partial charge in [0.05, 0.1) is 0 Å². The Labute approximate surface area is 389 Å². The van der Waals surface area contributed by atoms with Gasteiger partial charge < -0.3 is 0 Å². The summed E-state index contributed by atoms with van der Waals surface area (Å²) in [6, 6.07) is 28.5. The molecule has 0 heterocycles. The van der Waals surface area contributed by atoms with Crippen LogP contribution in [0.5, 0.6) is 5.75 Å². The van der Waals surface area contributed by atoms with Crippen LogP contribution in [-0.2, 0) is 44.4 Å². The fourth-order valence-corrected chi connectivity index (χ4v) is 58.2. The molecule has 1 nitrogen and oxygen atoms in total. The Morgan fingerprint density at radius 2 is 1.05 bits per heavy atom. The van der Waals surface area contributed by atoms with E-state index in [1.807, 2.05) is 7.11 Å². The second-order valence-corrected chi connectivity index (χ2v) is 82.3. The molecule has 0 N–H and O–H groups in total. The zero-order valence-corrected chi connectivity index (χ0v) is 47.4. The Balaban J connectivity index is 1.47. The molecule has 0 aromatic heterocycles. The van der Waals surface area contributed by atoms with Gasteiger partial charge in [0, 0.05) is 0 Å². The maximum absolute atomic E-state index is 9.17. The van der Waals surface area contributed by atoms with E-state index >= 15 is 0 Å². The zero-order valence-electron chi connectivity index (χ0n) is 41.1. The number of allylic oxidation sites excluding steroid dienone is 2. The fourth-order valence-electron chi connectivity index (χ4n) is 11.9. The number of fused-ring (bicyclic) bond motifs is 3. The van der Waals surface area contributed by atoms with E-state index in [2.05, 4.69) is 188 Å². The van der Waals surface area contributed by atoms with E-state index in [-0.39, 0.29) is 23.6 Å². The van der Waals surface area contributed by atoms with Crippen molar-refractivity contribution in [3.8, 4) is 39.1 Å². The van der Waals surface area contributed by atoms with Crippen LogP contribution in [0.4, 0.5) is 0 Å². The molecule has 2 unspecified atom stereocenters. The van der Waals surface area contributed by atoms with Crippen molar-refractivity contribution in [3.05, 3.63) is 145 Å². The molecule has 5 aromatic carbocycles. The normalized spacial score (nSPS) is 18.2. The van der Waals surface area contributed by atoms with Crippen molar-refractivity contribution in [2.75, 3.05) is 7.11 Å². The van der Waals surface area contributed by atoms with Gasteiger partial charge in [-0.15, -0.1) is 0 Å². The molecule has 0 aliphatic heterocycles. The molecule has 0 spiro atoms. The molecule has 3 aliphatic rings. The first kappa shape index (κ1) is 46.6. The van der Waals surface area contributed by atoms with Crippen LogP contribution in [0.3, 0.4) is 0 Å². The first-order valence-corrected chi connectivity index (χ1v) is 45.6. The predicted molar refractivity (Wildman–Crippen MR) is 277 cm³/mol. The van der Waals surface area contributed by atoms with E-state index in [0.29, 0.717) is 0 Å². The number of aryl methyl sites for hydroxylation is 2. The number of hydrogen-bond acceptors (Lipinski definition) is 1. The Hall–Kier alpha value is -2.95. The summed E-state index contributed by atoms with van der Waals surface area (Å²) < 4.78 is 6.42. The molecule has 0 radical (unpaired) electrons. The average Bonchev–Trinajstić information content (AvgIpc) is 3.90. The van der Waals surface area contributed by atoms with Gasteiger partial charge in [0.25, 0.3) is 0 Å². The van der Waals surface area contributed by atoms with Crippen LogP contribution in [0, 0.1) is 13.8 Å². The van der Waals surface area contributed by atoms with Crippen molar-refractivity contribution in [1.29, 1.82) is 0 Å². The third-order valence-electron chi connectivity index (χ3n) is 15.1. The third-order valence-corrected chi connectivity index (χ3v) is 88.4. The van der Waals surface area contributed by atoms with E-state index in [1.54, 1.807) is 0 Å². The molecule has 331 valence electrons. The number of methoxy groups -OCH3 is 1. The van der Waals surface area contributed by atoms with Crippen LogP contribution < -0.4 is 4.74 Å². The second-order valence-electron chi connectivity index (χ2n) is 23.0. The van der Waals surface area contributed by atoms with Gasteiger partial charge in [0.2, 0.25) is 0 Å². The fraction of sp³-hybridized carbons (Fsp3) is 0.414. The van der Waals surface area contributed by atoms with Gasteiger partial charge in [-0.3, -0.25) is 0 Å². The van der Waals surface area contributed by atoms with E-state index in [4.69, 9.17) is 4.74 Å². The number of ether oxygens (including phenoxy) is 1. The average molecular weight is 1060 g/mol. The third kappa shape index (κ3) is 7.60. The molecule has 0 saturated carbocycles. The number of halogens is 2. The molecule has 63 heavy (non-hydrogen) atoms. The summed E-state index contributed by atoms with van der Waals surface area (Å²) in [7, 11) is 20.2. The standard InChI is InChI=1S/C33H37.C23H27O.C2H7Si.2ClH.Hf/c1-21-19-28-29(20-21)31(23-13-17-25(18-14-23)33(5,6)7)27-10-8-9-26(27)30(28)22-11-15-24(16-12-22)32(2,3)4;1-14-8-15(2)11-18(10-14)21-19-12-16(3)9-17(19)13-20(22(21)24-7)23(4,5)6;1-3-2;;;/h11-20H,8-10H2,1-7H3;8-13H,1-7H3;3H,1-2H3;2*1H;/q;;;;;+2/p-2. The molecule has 8 rings (SSSR count). The van der Waals surface area contributed by atoms with Crippen molar-refractivity contribution in [2.24, 2.45) is 0 Å². The zero-order chi connectivity index (χ0) is 46.0. The van der Waals surface area contributed by atoms with Crippen molar-refractivity contribution >= 4 is 35.3 Å². The number of benzene rings is 5. The summed E-state index contributed by atoms with van der Waals surface area (Å²) in [6.45, 7) is 34.9. The minimum absolute atomic E-state index is 0.0352. The summed E-state index contributed by atoms with van der Waals surface area (Å²) in [5, 5.41) is 0. The van der Waals surface area contributed by atoms with Gasteiger partial charge >= 0.3 is 393 Å². The van der Waals surface area contributed by atoms with Gasteiger partial charge in [0.1, 0.15) is 0 Å². The molecule has 0 amide bonds. The number of hydrogen-bond donors (Lipinski definition) is 0. The van der Waals surface area contributed by atoms with Crippen LogP contribution in [0.15, 0.2) is 83.9 Å². The molecule has 2 atom stereocenters. The molecular weight excluding hydrogens is 990 g/mol. The Kier molecular flexibility index (Phi) is 11.7. The van der Waals surface area contributed by atoms with Gasteiger partial charge in [-0.1, -0.05) is 0 Å². The molecule has 3 aliphatic carbocycles. The molecule has 5 heteroatoms. The van der Waals surface area contributed by atoms with Crippen LogP contribution in [0.25, 0.3) is 45.5 Å². The van der Waals surface area contributed by atoms with Gasteiger partial charge in [0.15, 0.2) is 0 Å². The first-order valence-electron chi connectivity index (χ1n) is 23.5. The van der Waals surface area contributed by atoms with E-state index in [1.165, 1.54) is 106 Å². The molecule has 0 bridgehead atoms. The monoisotopic (exact) mass is 1060 g/mol. The van der Waals surface area contributed by atoms with Gasteiger partial charge in [-0.05, 0) is 0 Å².